The van der Waals surface area contributed by atoms with E-state index in [4.69, 9.17) is 23.2 Å². The van der Waals surface area contributed by atoms with Gasteiger partial charge in [-0.3, -0.25) is 9.59 Å². The summed E-state index contributed by atoms with van der Waals surface area (Å²) in [4.78, 5) is 29.8. The first-order valence-electron chi connectivity index (χ1n) is 9.89. The van der Waals surface area contributed by atoms with Gasteiger partial charge in [0.15, 0.2) is 4.87 Å². The Morgan fingerprint density at radius 3 is 2.58 bits per heavy atom. The molecule has 7 heteroatoms. The van der Waals surface area contributed by atoms with E-state index in [0.717, 1.165) is 16.8 Å². The minimum Gasteiger partial charge on any atom is -0.311 e. The lowest BCUT2D eigenvalue weighted by Gasteiger charge is -2.33. The third kappa shape index (κ3) is 3.23. The summed E-state index contributed by atoms with van der Waals surface area (Å²) in [6, 6.07) is 22.1. The molecule has 5 rings (SSSR count). The summed E-state index contributed by atoms with van der Waals surface area (Å²) < 4.78 is 0. The van der Waals surface area contributed by atoms with Gasteiger partial charge in [0.25, 0.3) is 11.8 Å². The van der Waals surface area contributed by atoms with Crippen LogP contribution in [0.15, 0.2) is 72.8 Å². The monoisotopic (exact) mass is 468 g/mol. The Balaban J connectivity index is 1.59. The van der Waals surface area contributed by atoms with Crippen LogP contribution in [-0.2, 0) is 16.2 Å². The van der Waals surface area contributed by atoms with Crippen molar-refractivity contribution in [2.45, 2.75) is 11.4 Å². The van der Waals surface area contributed by atoms with Crippen LogP contribution >= 0.6 is 35.0 Å². The van der Waals surface area contributed by atoms with Crippen molar-refractivity contribution < 1.29 is 9.59 Å². The lowest BCUT2D eigenvalue weighted by atomic mass is 10.0. The van der Waals surface area contributed by atoms with E-state index in [0.29, 0.717) is 34.5 Å². The molecule has 156 valence electrons. The Bertz CT molecular complexity index is 1200. The molecule has 2 aliphatic heterocycles. The summed E-state index contributed by atoms with van der Waals surface area (Å²) >= 11 is 14.0. The zero-order valence-corrected chi connectivity index (χ0v) is 18.8. The van der Waals surface area contributed by atoms with Gasteiger partial charge in [-0.2, -0.15) is 0 Å². The summed E-state index contributed by atoms with van der Waals surface area (Å²) in [7, 11) is 0. The average Bonchev–Trinajstić information content (AvgIpc) is 3.32. The summed E-state index contributed by atoms with van der Waals surface area (Å²) in [5.74, 6) is 0.355. The minimum absolute atomic E-state index is 0.119. The van der Waals surface area contributed by atoms with Crippen LogP contribution in [0.3, 0.4) is 0 Å². The number of anilines is 1. The predicted molar refractivity (Wildman–Crippen MR) is 126 cm³/mol. The number of rotatable bonds is 3. The van der Waals surface area contributed by atoms with Crippen molar-refractivity contribution in [2.75, 3.05) is 17.2 Å². The zero-order valence-electron chi connectivity index (χ0n) is 16.4. The van der Waals surface area contributed by atoms with E-state index >= 15 is 0 Å². The number of halogens is 2. The molecule has 1 spiro atoms. The maximum atomic E-state index is 14.0. The normalized spacial score (nSPS) is 19.9. The van der Waals surface area contributed by atoms with Crippen molar-refractivity contribution in [3.05, 3.63) is 99.5 Å². The molecule has 0 bridgehead atoms. The van der Waals surface area contributed by atoms with Crippen LogP contribution in [0.2, 0.25) is 10.0 Å². The van der Waals surface area contributed by atoms with Gasteiger partial charge in [0.2, 0.25) is 0 Å². The second kappa shape index (κ2) is 7.90. The van der Waals surface area contributed by atoms with Crippen molar-refractivity contribution in [1.82, 2.24) is 4.90 Å². The van der Waals surface area contributed by atoms with E-state index in [9.17, 15) is 9.59 Å². The van der Waals surface area contributed by atoms with Crippen LogP contribution in [0.1, 0.15) is 21.5 Å². The molecular formula is C24H18Cl2N2O2S. The van der Waals surface area contributed by atoms with Gasteiger partial charge in [-0.05, 0) is 35.9 Å². The minimum atomic E-state index is -1.09. The van der Waals surface area contributed by atoms with Crippen LogP contribution in [0.5, 0.6) is 0 Å². The molecule has 3 aromatic rings. The number of nitrogens with zero attached hydrogens (tertiary/aromatic N) is 2. The highest BCUT2D eigenvalue weighted by atomic mass is 35.5. The fourth-order valence-electron chi connectivity index (χ4n) is 4.30. The van der Waals surface area contributed by atoms with Crippen molar-refractivity contribution in [1.29, 1.82) is 0 Å². The van der Waals surface area contributed by atoms with Crippen molar-refractivity contribution in [3.63, 3.8) is 0 Å². The van der Waals surface area contributed by atoms with E-state index in [1.54, 1.807) is 34.1 Å². The molecule has 2 heterocycles. The maximum Gasteiger partial charge on any atom is 0.268 e. The van der Waals surface area contributed by atoms with E-state index in [1.165, 1.54) is 11.8 Å². The second-order valence-corrected chi connectivity index (χ2v) is 9.59. The smallest absolute Gasteiger partial charge is 0.268 e. The van der Waals surface area contributed by atoms with Crippen LogP contribution < -0.4 is 4.90 Å². The number of carbonyl (C=O) groups is 2. The number of hydrogen-bond donors (Lipinski definition) is 0. The Morgan fingerprint density at radius 1 is 1.00 bits per heavy atom. The summed E-state index contributed by atoms with van der Waals surface area (Å²) in [6.07, 6.45) is 0. The molecular weight excluding hydrogens is 451 g/mol. The molecule has 1 fully saturated rings. The van der Waals surface area contributed by atoms with Gasteiger partial charge in [0, 0.05) is 33.5 Å². The number of fused-ring (bicyclic) bond motifs is 2. The highest BCUT2D eigenvalue weighted by Crippen LogP contribution is 2.54. The van der Waals surface area contributed by atoms with E-state index in [1.807, 2.05) is 48.5 Å². The lowest BCUT2D eigenvalue weighted by molar-refractivity contribution is -0.123. The Hall–Kier alpha value is -2.47. The number of carbonyl (C=O) groups excluding carboxylic acids is 2. The maximum absolute atomic E-state index is 14.0. The number of hydrogen-bond acceptors (Lipinski definition) is 3. The molecule has 2 aliphatic rings. The van der Waals surface area contributed by atoms with E-state index in [-0.39, 0.29) is 11.8 Å². The largest absolute Gasteiger partial charge is 0.311 e. The Labute approximate surface area is 194 Å². The van der Waals surface area contributed by atoms with Crippen LogP contribution in [0, 0.1) is 0 Å². The third-order valence-electron chi connectivity index (χ3n) is 5.70. The Morgan fingerprint density at radius 2 is 1.77 bits per heavy atom. The van der Waals surface area contributed by atoms with Gasteiger partial charge >= 0.3 is 0 Å². The van der Waals surface area contributed by atoms with Gasteiger partial charge in [0.1, 0.15) is 0 Å². The van der Waals surface area contributed by atoms with Gasteiger partial charge in [-0.15, -0.1) is 11.8 Å². The highest BCUT2D eigenvalue weighted by Gasteiger charge is 2.59. The van der Waals surface area contributed by atoms with Gasteiger partial charge in [0.05, 0.1) is 12.2 Å². The first-order valence-corrected chi connectivity index (χ1v) is 11.6. The summed E-state index contributed by atoms with van der Waals surface area (Å²) in [5.41, 5.74) is 2.99. The molecule has 0 N–H and O–H groups in total. The molecule has 0 radical (unpaired) electrons. The third-order valence-corrected chi connectivity index (χ3v) is 7.73. The topological polar surface area (TPSA) is 40.6 Å². The van der Waals surface area contributed by atoms with Gasteiger partial charge in [-0.25, -0.2) is 0 Å². The SMILES string of the molecule is O=C(c1cccc(Cl)c1)N1CCS[C@]12C(=O)N(Cc1ccccc1Cl)c1ccccc12. The lowest BCUT2D eigenvalue weighted by Crippen LogP contribution is -2.50. The van der Waals surface area contributed by atoms with Crippen molar-refractivity contribution >= 4 is 52.5 Å². The molecule has 0 unspecified atom stereocenters. The van der Waals surface area contributed by atoms with Crippen LogP contribution in [-0.4, -0.2) is 29.0 Å². The van der Waals surface area contributed by atoms with Crippen LogP contribution in [0.4, 0.5) is 5.69 Å². The molecule has 31 heavy (non-hydrogen) atoms. The quantitative estimate of drug-likeness (QED) is 0.503. The number of benzene rings is 3. The van der Waals surface area contributed by atoms with Crippen molar-refractivity contribution in [3.8, 4) is 0 Å². The molecule has 2 amide bonds. The van der Waals surface area contributed by atoms with Crippen LogP contribution in [0.25, 0.3) is 0 Å². The predicted octanol–water partition coefficient (Wildman–Crippen LogP) is 5.58. The first-order chi connectivity index (χ1) is 15.0. The molecule has 4 nitrogen and oxygen atoms in total. The number of thioether (sulfide) groups is 1. The highest BCUT2D eigenvalue weighted by molar-refractivity contribution is 8.01. The molecule has 0 aliphatic carbocycles. The van der Waals surface area contributed by atoms with Gasteiger partial charge in [-0.1, -0.05) is 65.7 Å². The molecule has 0 aromatic heterocycles. The van der Waals surface area contributed by atoms with E-state index < -0.39 is 4.87 Å². The second-order valence-electron chi connectivity index (χ2n) is 7.46. The van der Waals surface area contributed by atoms with Gasteiger partial charge < -0.3 is 9.80 Å². The Kier molecular flexibility index (Phi) is 5.21. The summed E-state index contributed by atoms with van der Waals surface area (Å²) in [5, 5.41) is 1.10. The number of para-hydroxylation sites is 1. The summed E-state index contributed by atoms with van der Waals surface area (Å²) in [6.45, 7) is 0.826. The van der Waals surface area contributed by atoms with Crippen molar-refractivity contribution in [2.24, 2.45) is 0 Å². The fraction of sp³-hybridized carbons (Fsp3) is 0.167. The van der Waals surface area contributed by atoms with E-state index in [2.05, 4.69) is 0 Å². The zero-order chi connectivity index (χ0) is 21.6. The molecule has 0 saturated carbocycles. The average molecular weight is 469 g/mol. The standard InChI is InChI=1S/C24H18Cl2N2O2S/c25-18-8-5-7-16(14-18)22(29)28-12-13-31-24(28)19-9-2-4-11-21(19)27(23(24)30)15-17-6-1-3-10-20(17)26/h1-11,14H,12-13,15H2/t24-/m1/s1. The molecule has 3 aromatic carbocycles. The fourth-order valence-corrected chi connectivity index (χ4v) is 6.15. The molecule has 1 atom stereocenters. The first kappa shape index (κ1) is 20.4. The number of amides is 2. The molecule has 1 saturated heterocycles.